The molecule has 0 amide bonds. The number of nitrogens with one attached hydrogen (secondary N) is 1. The Morgan fingerprint density at radius 1 is 1.27 bits per heavy atom. The van der Waals surface area contributed by atoms with Gasteiger partial charge in [0.1, 0.15) is 5.82 Å². The number of allylic oxidation sites excluding steroid dienone is 1. The highest BCUT2D eigenvalue weighted by Crippen LogP contribution is 2.16. The maximum Gasteiger partial charge on any atom is 0.373 e. The average molecular weight is 303 g/mol. The molecule has 0 saturated carbocycles. The van der Waals surface area contributed by atoms with Crippen molar-refractivity contribution in [1.29, 1.82) is 0 Å². The minimum absolute atomic E-state index is 0.319. The van der Waals surface area contributed by atoms with Crippen molar-refractivity contribution in [2.45, 2.75) is 6.42 Å². The van der Waals surface area contributed by atoms with E-state index in [0.29, 0.717) is 17.5 Å². The predicted octanol–water partition coefficient (Wildman–Crippen LogP) is 2.54. The summed E-state index contributed by atoms with van der Waals surface area (Å²) in [6.45, 7) is 0. The number of hydrogen-bond acceptors (Lipinski definition) is 4. The first-order chi connectivity index (χ1) is 10.5. The van der Waals surface area contributed by atoms with Crippen LogP contribution in [0.2, 0.25) is 0 Å². The van der Waals surface area contributed by atoms with E-state index in [1.807, 2.05) is 0 Å². The lowest BCUT2D eigenvalue weighted by atomic mass is 10.0. The third-order valence-electron chi connectivity index (χ3n) is 3.07. The molecule has 2 aromatic rings. The number of aromatic nitrogens is 1. The number of ketones is 1. The Balaban J connectivity index is 2.20. The number of aliphatic hydroxyl groups is 1. The van der Waals surface area contributed by atoms with Gasteiger partial charge >= 0.3 is 5.97 Å². The molecule has 0 radical (unpaired) electrons. The summed E-state index contributed by atoms with van der Waals surface area (Å²) in [5.74, 6) is -2.60. The molecule has 5 nitrogen and oxygen atoms in total. The fourth-order valence-corrected chi connectivity index (χ4v) is 1.96. The van der Waals surface area contributed by atoms with Crippen molar-refractivity contribution >= 4 is 11.8 Å². The van der Waals surface area contributed by atoms with Crippen LogP contribution in [0.4, 0.5) is 4.39 Å². The molecule has 2 rings (SSSR count). The first kappa shape index (κ1) is 15.5. The largest absolute Gasteiger partial charge is 0.502 e. The summed E-state index contributed by atoms with van der Waals surface area (Å²) < 4.78 is 17.2. The Kier molecular flexibility index (Phi) is 4.73. The van der Waals surface area contributed by atoms with Crippen LogP contribution < -0.4 is 0 Å². The Morgan fingerprint density at radius 2 is 1.95 bits per heavy atom. The lowest BCUT2D eigenvalue weighted by molar-refractivity contribution is -0.139. The monoisotopic (exact) mass is 303 g/mol. The highest BCUT2D eigenvalue weighted by atomic mass is 19.1. The van der Waals surface area contributed by atoms with Gasteiger partial charge in [0.25, 0.3) is 0 Å². The molecule has 0 aliphatic rings. The van der Waals surface area contributed by atoms with Gasteiger partial charge in [-0.25, -0.2) is 9.18 Å². The Hall–Kier alpha value is -2.89. The van der Waals surface area contributed by atoms with Gasteiger partial charge in [0.2, 0.25) is 5.76 Å². The Bertz CT molecular complexity index is 716. The van der Waals surface area contributed by atoms with Crippen LogP contribution in [0.1, 0.15) is 21.5 Å². The molecule has 0 unspecified atom stereocenters. The van der Waals surface area contributed by atoms with Crippen LogP contribution in [-0.4, -0.2) is 29.0 Å². The molecule has 0 spiro atoms. The molecule has 0 aliphatic heterocycles. The number of benzene rings is 1. The topological polar surface area (TPSA) is 79.4 Å². The van der Waals surface area contributed by atoms with E-state index in [1.165, 1.54) is 18.3 Å². The summed E-state index contributed by atoms with van der Waals surface area (Å²) in [6.07, 6.45) is 4.34. The van der Waals surface area contributed by atoms with E-state index in [2.05, 4.69) is 9.72 Å². The van der Waals surface area contributed by atoms with E-state index in [9.17, 15) is 19.1 Å². The lowest BCUT2D eigenvalue weighted by Crippen LogP contribution is -2.07. The van der Waals surface area contributed by atoms with Gasteiger partial charge in [-0.1, -0.05) is 12.1 Å². The number of rotatable bonds is 5. The molecule has 0 atom stereocenters. The van der Waals surface area contributed by atoms with Crippen LogP contribution >= 0.6 is 0 Å². The molecular weight excluding hydrogens is 289 g/mol. The number of esters is 1. The molecule has 0 aliphatic carbocycles. The molecule has 114 valence electrons. The summed E-state index contributed by atoms with van der Waals surface area (Å²) >= 11 is 0. The quantitative estimate of drug-likeness (QED) is 0.385. The maximum atomic E-state index is 12.9. The second-order valence-electron chi connectivity index (χ2n) is 4.58. The maximum absolute atomic E-state index is 12.9. The number of aromatic amines is 1. The van der Waals surface area contributed by atoms with Gasteiger partial charge in [-0.2, -0.15) is 0 Å². The molecular formula is C16H14FNO4. The van der Waals surface area contributed by atoms with Gasteiger partial charge in [0.15, 0.2) is 5.78 Å². The highest BCUT2D eigenvalue weighted by Gasteiger charge is 2.15. The van der Waals surface area contributed by atoms with E-state index in [-0.39, 0.29) is 5.82 Å². The standard InChI is InChI=1S/C16H14FNO4/c1-22-16(21)15(20)7-14(19)13-9-18-8-11(13)6-10-2-4-12(17)5-3-10/h2-5,7-9,18,20H,6H2,1H3/b15-7-. The average Bonchev–Trinajstić information content (AvgIpc) is 2.96. The summed E-state index contributed by atoms with van der Waals surface area (Å²) in [6, 6.07) is 5.93. The summed E-state index contributed by atoms with van der Waals surface area (Å²) in [5.41, 5.74) is 1.82. The molecule has 1 aromatic carbocycles. The molecule has 1 heterocycles. The Morgan fingerprint density at radius 3 is 2.59 bits per heavy atom. The number of methoxy groups -OCH3 is 1. The number of aliphatic hydroxyl groups excluding tert-OH is 1. The van der Waals surface area contributed by atoms with E-state index < -0.39 is 17.5 Å². The molecule has 0 fully saturated rings. The third kappa shape index (κ3) is 3.60. The van der Waals surface area contributed by atoms with Gasteiger partial charge in [-0.05, 0) is 29.7 Å². The van der Waals surface area contributed by atoms with E-state index in [1.54, 1.807) is 18.3 Å². The number of carbonyl (C=O) groups is 2. The van der Waals surface area contributed by atoms with Crippen LogP contribution in [0.25, 0.3) is 0 Å². The van der Waals surface area contributed by atoms with Crippen molar-refractivity contribution in [3.63, 3.8) is 0 Å². The van der Waals surface area contributed by atoms with E-state index in [0.717, 1.165) is 18.7 Å². The van der Waals surface area contributed by atoms with Gasteiger partial charge in [-0.15, -0.1) is 0 Å². The molecule has 2 N–H and O–H groups in total. The molecule has 1 aromatic heterocycles. The number of ether oxygens (including phenoxy) is 1. The van der Waals surface area contributed by atoms with Crippen LogP contribution in [-0.2, 0) is 16.0 Å². The minimum Gasteiger partial charge on any atom is -0.502 e. The first-order valence-corrected chi connectivity index (χ1v) is 6.44. The van der Waals surface area contributed by atoms with Gasteiger partial charge < -0.3 is 14.8 Å². The van der Waals surface area contributed by atoms with E-state index >= 15 is 0 Å². The van der Waals surface area contributed by atoms with Crippen molar-refractivity contribution in [2.24, 2.45) is 0 Å². The molecule has 0 bridgehead atoms. The van der Waals surface area contributed by atoms with Crippen LogP contribution in [0, 0.1) is 5.82 Å². The number of halogens is 1. The summed E-state index contributed by atoms with van der Waals surface area (Å²) in [7, 11) is 1.10. The van der Waals surface area contributed by atoms with Crippen LogP contribution in [0.5, 0.6) is 0 Å². The Labute approximate surface area is 126 Å². The zero-order valence-corrected chi connectivity index (χ0v) is 11.8. The zero-order chi connectivity index (χ0) is 16.1. The second kappa shape index (κ2) is 6.71. The smallest absolute Gasteiger partial charge is 0.373 e. The van der Waals surface area contributed by atoms with Crippen molar-refractivity contribution < 1.29 is 23.8 Å². The predicted molar refractivity (Wildman–Crippen MR) is 77.1 cm³/mol. The van der Waals surface area contributed by atoms with E-state index in [4.69, 9.17) is 0 Å². The van der Waals surface area contributed by atoms with Crippen molar-refractivity contribution in [2.75, 3.05) is 7.11 Å². The molecule has 0 saturated heterocycles. The fourth-order valence-electron chi connectivity index (χ4n) is 1.96. The van der Waals surface area contributed by atoms with Crippen LogP contribution in [0.15, 0.2) is 48.5 Å². The number of carbonyl (C=O) groups excluding carboxylic acids is 2. The SMILES string of the molecule is COC(=O)/C(O)=C/C(=O)c1c[nH]cc1Cc1ccc(F)cc1. The summed E-state index contributed by atoms with van der Waals surface area (Å²) in [4.78, 5) is 26.0. The number of hydrogen-bond donors (Lipinski definition) is 2. The fraction of sp³-hybridized carbons (Fsp3) is 0.125. The summed E-state index contributed by atoms with van der Waals surface area (Å²) in [5, 5.41) is 9.41. The molecule has 22 heavy (non-hydrogen) atoms. The minimum atomic E-state index is -0.982. The van der Waals surface area contributed by atoms with Gasteiger partial charge in [-0.3, -0.25) is 4.79 Å². The van der Waals surface area contributed by atoms with Crippen LogP contribution in [0.3, 0.4) is 0 Å². The molecule has 6 heteroatoms. The lowest BCUT2D eigenvalue weighted by Gasteiger charge is -2.02. The first-order valence-electron chi connectivity index (χ1n) is 6.44. The second-order valence-corrected chi connectivity index (χ2v) is 4.58. The van der Waals surface area contributed by atoms with Gasteiger partial charge in [0, 0.05) is 24.0 Å². The third-order valence-corrected chi connectivity index (χ3v) is 3.07. The highest BCUT2D eigenvalue weighted by molar-refractivity contribution is 6.08. The number of H-pyrrole nitrogens is 1. The normalized spacial score (nSPS) is 11.3. The van der Waals surface area contributed by atoms with Gasteiger partial charge in [0.05, 0.1) is 7.11 Å². The van der Waals surface area contributed by atoms with Crippen molar-refractivity contribution in [3.8, 4) is 0 Å². The van der Waals surface area contributed by atoms with Crippen molar-refractivity contribution in [3.05, 3.63) is 71.0 Å². The van der Waals surface area contributed by atoms with Crippen molar-refractivity contribution in [1.82, 2.24) is 4.98 Å². The zero-order valence-electron chi connectivity index (χ0n) is 11.8.